The Balaban J connectivity index is 1.73. The first-order chi connectivity index (χ1) is 18.2. The Morgan fingerprint density at radius 1 is 1.37 bits per heavy atom. The number of rotatable bonds is 9. The fourth-order valence-electron chi connectivity index (χ4n) is 4.57. The predicted octanol–water partition coefficient (Wildman–Crippen LogP) is 2.76. The lowest BCUT2D eigenvalue weighted by atomic mass is 9.84. The van der Waals surface area contributed by atoms with Gasteiger partial charge in [0.15, 0.2) is 5.43 Å². The number of nitrogen functional groups attached to an aromatic ring is 1. The lowest BCUT2D eigenvalue weighted by Crippen LogP contribution is -2.51. The van der Waals surface area contributed by atoms with E-state index in [2.05, 4.69) is 10.3 Å². The SMILES string of the molecule is CC=C(CNCC)C(=O)OC1Cc2c(cc3oc(CO)cc(=O)c3c2O)OC1(C)CCc1ccc(N)nc1. The molecule has 0 aliphatic carbocycles. The third-order valence-electron chi connectivity index (χ3n) is 6.86. The van der Waals surface area contributed by atoms with Gasteiger partial charge < -0.3 is 35.2 Å². The zero-order valence-corrected chi connectivity index (χ0v) is 21.7. The van der Waals surface area contributed by atoms with E-state index in [0.717, 1.165) is 11.6 Å². The van der Waals surface area contributed by atoms with Crippen molar-refractivity contribution in [3.63, 3.8) is 0 Å². The first-order valence-electron chi connectivity index (χ1n) is 12.6. The number of anilines is 1. The summed E-state index contributed by atoms with van der Waals surface area (Å²) in [5, 5.41) is 23.6. The smallest absolute Gasteiger partial charge is 0.335 e. The number of allylic oxidation sites excluding steroid dienone is 1. The number of phenolic OH excluding ortho intramolecular Hbond substituents is 1. The standard InChI is InChI=1S/C28H33N3O7/c1-4-17(14-30-5-2)27(35)37-23-11-19-21(12-22-25(26(19)34)20(33)10-18(15-32)36-22)38-28(23,3)9-8-16-6-7-24(29)31-13-16/h4,6-7,10,12-13,23,30,32,34H,5,8-9,11,14-15H2,1-3H3,(H2,29,31). The molecule has 3 aromatic rings. The molecule has 4 rings (SSSR count). The van der Waals surface area contributed by atoms with Gasteiger partial charge in [-0.25, -0.2) is 9.78 Å². The summed E-state index contributed by atoms with van der Waals surface area (Å²) in [4.78, 5) is 29.9. The number of pyridine rings is 1. The van der Waals surface area contributed by atoms with E-state index >= 15 is 0 Å². The molecule has 0 saturated heterocycles. The topological polar surface area (TPSA) is 157 Å². The number of aliphatic hydroxyl groups is 1. The highest BCUT2D eigenvalue weighted by molar-refractivity contribution is 5.89. The van der Waals surface area contributed by atoms with Crippen LogP contribution in [0.3, 0.4) is 0 Å². The number of nitrogens with two attached hydrogens (primary N) is 1. The molecule has 0 radical (unpaired) electrons. The predicted molar refractivity (Wildman–Crippen MR) is 142 cm³/mol. The number of phenols is 1. The first kappa shape index (κ1) is 27.2. The number of likely N-dealkylation sites (N-methyl/N-ethyl adjacent to an activating group) is 1. The molecule has 5 N–H and O–H groups in total. The Morgan fingerprint density at radius 2 is 2.16 bits per heavy atom. The number of nitrogens with one attached hydrogen (secondary N) is 1. The van der Waals surface area contributed by atoms with Gasteiger partial charge in [0.05, 0.1) is 0 Å². The number of carbonyl (C=O) groups excluding carboxylic acids is 1. The number of aromatic hydroxyl groups is 1. The summed E-state index contributed by atoms with van der Waals surface area (Å²) >= 11 is 0. The molecule has 2 atom stereocenters. The fourth-order valence-corrected chi connectivity index (χ4v) is 4.57. The van der Waals surface area contributed by atoms with Crippen LogP contribution in [0, 0.1) is 0 Å². The van der Waals surface area contributed by atoms with Gasteiger partial charge in [0.25, 0.3) is 0 Å². The Labute approximate surface area is 220 Å². The number of carbonyl (C=O) groups is 1. The lowest BCUT2D eigenvalue weighted by molar-refractivity contribution is -0.158. The molecule has 0 saturated carbocycles. The number of hydrogen-bond donors (Lipinski definition) is 4. The third kappa shape index (κ3) is 5.51. The van der Waals surface area contributed by atoms with Crippen LogP contribution >= 0.6 is 0 Å². The highest BCUT2D eigenvalue weighted by atomic mass is 16.6. The van der Waals surface area contributed by atoms with E-state index in [1.807, 2.05) is 19.9 Å². The van der Waals surface area contributed by atoms with E-state index in [-0.39, 0.29) is 28.9 Å². The van der Waals surface area contributed by atoms with Crippen molar-refractivity contribution < 1.29 is 28.9 Å². The maximum absolute atomic E-state index is 13.1. The highest BCUT2D eigenvalue weighted by Gasteiger charge is 2.45. The average molecular weight is 524 g/mol. The maximum Gasteiger partial charge on any atom is 0.335 e. The molecule has 2 aromatic heterocycles. The Hall–Kier alpha value is -3.89. The van der Waals surface area contributed by atoms with Crippen LogP contribution in [0.25, 0.3) is 11.0 Å². The molecule has 1 aromatic carbocycles. The zero-order chi connectivity index (χ0) is 27.4. The van der Waals surface area contributed by atoms with Crippen molar-refractivity contribution in [2.45, 2.75) is 58.3 Å². The van der Waals surface area contributed by atoms with Crippen LogP contribution in [0.15, 0.2) is 51.3 Å². The van der Waals surface area contributed by atoms with Gasteiger partial charge in [0.2, 0.25) is 0 Å². The summed E-state index contributed by atoms with van der Waals surface area (Å²) in [6.07, 6.45) is 3.76. The van der Waals surface area contributed by atoms with Gasteiger partial charge >= 0.3 is 5.97 Å². The minimum absolute atomic E-state index is 0.0209. The van der Waals surface area contributed by atoms with Crippen molar-refractivity contribution in [3.05, 3.63) is 69.2 Å². The molecule has 1 aliphatic rings. The van der Waals surface area contributed by atoms with E-state index in [0.29, 0.717) is 48.6 Å². The molecule has 0 bridgehead atoms. The van der Waals surface area contributed by atoms with Gasteiger partial charge in [-0.1, -0.05) is 19.1 Å². The van der Waals surface area contributed by atoms with Gasteiger partial charge in [0, 0.05) is 42.4 Å². The number of nitrogens with zero attached hydrogens (tertiary/aromatic N) is 1. The Bertz CT molecular complexity index is 1410. The number of fused-ring (bicyclic) bond motifs is 2. The number of esters is 1. The van der Waals surface area contributed by atoms with Crippen molar-refractivity contribution in [1.82, 2.24) is 10.3 Å². The van der Waals surface area contributed by atoms with Gasteiger partial charge in [0.1, 0.15) is 52.4 Å². The number of benzene rings is 1. The molecule has 38 heavy (non-hydrogen) atoms. The van der Waals surface area contributed by atoms with Gasteiger partial charge in [-0.05, 0) is 44.9 Å². The van der Waals surface area contributed by atoms with Crippen LogP contribution in [0.5, 0.6) is 11.5 Å². The molecule has 1 aliphatic heterocycles. The summed E-state index contributed by atoms with van der Waals surface area (Å²) in [5.41, 5.74) is 6.08. The van der Waals surface area contributed by atoms with Crippen molar-refractivity contribution >= 4 is 22.8 Å². The maximum atomic E-state index is 13.1. The van der Waals surface area contributed by atoms with Crippen molar-refractivity contribution in [2.75, 3.05) is 18.8 Å². The average Bonchev–Trinajstić information content (AvgIpc) is 2.89. The van der Waals surface area contributed by atoms with Crippen molar-refractivity contribution in [1.29, 1.82) is 0 Å². The molecule has 3 heterocycles. The quantitative estimate of drug-likeness (QED) is 0.243. The van der Waals surface area contributed by atoms with Crippen LogP contribution in [0.2, 0.25) is 0 Å². The summed E-state index contributed by atoms with van der Waals surface area (Å²) in [5.74, 6) is 0.0269. The first-order valence-corrected chi connectivity index (χ1v) is 12.6. The lowest BCUT2D eigenvalue weighted by Gasteiger charge is -2.42. The second-order valence-electron chi connectivity index (χ2n) is 9.51. The molecule has 202 valence electrons. The van der Waals surface area contributed by atoms with E-state index in [4.69, 9.17) is 19.6 Å². The van der Waals surface area contributed by atoms with Crippen LogP contribution in [-0.2, 0) is 29.0 Å². The Kier molecular flexibility index (Phi) is 8.03. The second kappa shape index (κ2) is 11.2. The van der Waals surface area contributed by atoms with Crippen LogP contribution in [-0.4, -0.2) is 46.0 Å². The normalized spacial score (nSPS) is 19.2. The van der Waals surface area contributed by atoms with Gasteiger partial charge in [-0.2, -0.15) is 0 Å². The molecule has 10 heteroatoms. The molecular formula is C28H33N3O7. The fraction of sp³-hybridized carbons (Fsp3) is 0.393. The minimum Gasteiger partial charge on any atom is -0.507 e. The van der Waals surface area contributed by atoms with Crippen molar-refractivity contribution in [2.24, 2.45) is 0 Å². The van der Waals surface area contributed by atoms with E-state index in [1.165, 1.54) is 6.07 Å². The van der Waals surface area contributed by atoms with Crippen LogP contribution in [0.1, 0.15) is 44.1 Å². The Morgan fingerprint density at radius 3 is 2.82 bits per heavy atom. The molecular weight excluding hydrogens is 490 g/mol. The second-order valence-corrected chi connectivity index (χ2v) is 9.51. The molecule has 0 fully saturated rings. The van der Waals surface area contributed by atoms with E-state index in [9.17, 15) is 19.8 Å². The number of hydrogen-bond acceptors (Lipinski definition) is 10. The molecule has 10 nitrogen and oxygen atoms in total. The monoisotopic (exact) mass is 523 g/mol. The summed E-state index contributed by atoms with van der Waals surface area (Å²) in [6, 6.07) is 6.27. The number of aromatic nitrogens is 1. The third-order valence-corrected chi connectivity index (χ3v) is 6.86. The number of ether oxygens (including phenoxy) is 2. The van der Waals surface area contributed by atoms with E-state index < -0.39 is 29.7 Å². The van der Waals surface area contributed by atoms with Crippen molar-refractivity contribution in [3.8, 4) is 11.5 Å². The van der Waals surface area contributed by atoms with Crippen LogP contribution < -0.4 is 21.2 Å². The summed E-state index contributed by atoms with van der Waals surface area (Å²) in [6.45, 7) is 6.15. The van der Waals surface area contributed by atoms with E-state index in [1.54, 1.807) is 25.3 Å². The van der Waals surface area contributed by atoms with Crippen LogP contribution in [0.4, 0.5) is 5.82 Å². The molecule has 2 unspecified atom stereocenters. The number of aliphatic hydroxyl groups excluding tert-OH is 1. The zero-order valence-electron chi connectivity index (χ0n) is 21.7. The summed E-state index contributed by atoms with van der Waals surface area (Å²) < 4.78 is 18.0. The minimum atomic E-state index is -0.990. The summed E-state index contributed by atoms with van der Waals surface area (Å²) in [7, 11) is 0. The molecule has 0 amide bonds. The highest BCUT2D eigenvalue weighted by Crippen LogP contribution is 2.44. The largest absolute Gasteiger partial charge is 0.507 e. The number of aryl methyl sites for hydroxylation is 1. The van der Waals surface area contributed by atoms with Gasteiger partial charge in [-0.3, -0.25) is 4.79 Å². The molecule has 0 spiro atoms. The van der Waals surface area contributed by atoms with Gasteiger partial charge in [-0.15, -0.1) is 0 Å².